The highest BCUT2D eigenvalue weighted by Crippen LogP contribution is 2.35. The first-order valence-electron chi connectivity index (χ1n) is 4.85. The van der Waals surface area contributed by atoms with E-state index in [0.29, 0.717) is 0 Å². The average Bonchev–Trinajstić information content (AvgIpc) is 2.57. The maximum atomic E-state index is 9.76. The molecule has 2 heterocycles. The molecule has 94 valence electrons. The standard InChI is InChI=1S/C9H10Cl2N2O4/c10-4-1-12-5(9(11)13-4)8-7(16)6(15)3(2-14)17-8/h1,3,6-8,14-16H,2H2/t3-,6-,7-,8+/m1/s1. The van der Waals surface area contributed by atoms with Gasteiger partial charge in [-0.25, -0.2) is 4.98 Å². The van der Waals surface area contributed by atoms with Crippen LogP contribution in [0.4, 0.5) is 0 Å². The van der Waals surface area contributed by atoms with E-state index in [1.54, 1.807) is 0 Å². The Morgan fingerprint density at radius 2 is 2.00 bits per heavy atom. The summed E-state index contributed by atoms with van der Waals surface area (Å²) in [5.41, 5.74) is 0.179. The predicted octanol–water partition coefficient (Wildman–Crippen LogP) is -0.0626. The van der Waals surface area contributed by atoms with Gasteiger partial charge < -0.3 is 20.1 Å². The molecule has 0 aromatic carbocycles. The fraction of sp³-hybridized carbons (Fsp3) is 0.556. The SMILES string of the molecule is OC[C@H]1O[C@@H](c2ncc(Cl)nc2Cl)[C@H](O)[C@@H]1O. The number of rotatable bonds is 2. The summed E-state index contributed by atoms with van der Waals surface area (Å²) < 4.78 is 5.26. The van der Waals surface area contributed by atoms with Crippen molar-refractivity contribution in [2.45, 2.75) is 24.4 Å². The van der Waals surface area contributed by atoms with Gasteiger partial charge in [0, 0.05) is 0 Å². The first kappa shape index (κ1) is 12.9. The number of aliphatic hydroxyl groups excluding tert-OH is 3. The largest absolute Gasteiger partial charge is 0.394 e. The maximum Gasteiger partial charge on any atom is 0.155 e. The highest BCUT2D eigenvalue weighted by atomic mass is 35.5. The molecule has 0 bridgehead atoms. The van der Waals surface area contributed by atoms with Crippen molar-refractivity contribution < 1.29 is 20.1 Å². The van der Waals surface area contributed by atoms with Crippen LogP contribution < -0.4 is 0 Å². The van der Waals surface area contributed by atoms with E-state index in [4.69, 9.17) is 33.0 Å². The van der Waals surface area contributed by atoms with E-state index in [1.165, 1.54) is 6.20 Å². The van der Waals surface area contributed by atoms with Crippen LogP contribution in [0.25, 0.3) is 0 Å². The van der Waals surface area contributed by atoms with E-state index in [-0.39, 0.29) is 16.0 Å². The van der Waals surface area contributed by atoms with Gasteiger partial charge in [-0.15, -0.1) is 0 Å². The molecule has 2 rings (SSSR count). The molecule has 1 fully saturated rings. The van der Waals surface area contributed by atoms with Crippen LogP contribution in [0.15, 0.2) is 6.20 Å². The smallest absolute Gasteiger partial charge is 0.155 e. The first-order valence-corrected chi connectivity index (χ1v) is 5.60. The molecule has 4 atom stereocenters. The van der Waals surface area contributed by atoms with Crippen molar-refractivity contribution in [3.63, 3.8) is 0 Å². The Kier molecular flexibility index (Phi) is 3.82. The molecule has 1 saturated heterocycles. The summed E-state index contributed by atoms with van der Waals surface area (Å²) in [6.07, 6.45) is -2.96. The zero-order chi connectivity index (χ0) is 12.6. The fourth-order valence-corrected chi connectivity index (χ4v) is 2.10. The van der Waals surface area contributed by atoms with Crippen LogP contribution in [0.3, 0.4) is 0 Å². The summed E-state index contributed by atoms with van der Waals surface area (Å²) in [6.45, 7) is -0.409. The third-order valence-corrected chi connectivity index (χ3v) is 3.00. The van der Waals surface area contributed by atoms with E-state index >= 15 is 0 Å². The molecule has 0 unspecified atom stereocenters. The molecule has 17 heavy (non-hydrogen) atoms. The van der Waals surface area contributed by atoms with E-state index in [1.807, 2.05) is 0 Å². The molecular weight excluding hydrogens is 271 g/mol. The zero-order valence-electron chi connectivity index (χ0n) is 8.49. The summed E-state index contributed by atoms with van der Waals surface area (Å²) in [5, 5.41) is 28.4. The van der Waals surface area contributed by atoms with E-state index in [9.17, 15) is 10.2 Å². The molecule has 1 aromatic rings. The van der Waals surface area contributed by atoms with Crippen molar-refractivity contribution in [1.29, 1.82) is 0 Å². The summed E-state index contributed by atoms with van der Waals surface area (Å²) in [4.78, 5) is 7.67. The molecule has 8 heteroatoms. The monoisotopic (exact) mass is 280 g/mol. The predicted molar refractivity (Wildman–Crippen MR) is 58.8 cm³/mol. The minimum atomic E-state index is -1.22. The summed E-state index contributed by atoms with van der Waals surface area (Å²) >= 11 is 11.4. The van der Waals surface area contributed by atoms with Crippen LogP contribution in [0.2, 0.25) is 10.3 Å². The van der Waals surface area contributed by atoms with Gasteiger partial charge in [0.2, 0.25) is 0 Å². The number of ether oxygens (including phenoxy) is 1. The number of aromatic nitrogens is 2. The first-order chi connectivity index (χ1) is 8.04. The van der Waals surface area contributed by atoms with Gasteiger partial charge in [0.15, 0.2) is 5.15 Å². The second kappa shape index (κ2) is 5.01. The number of hydrogen-bond donors (Lipinski definition) is 3. The Balaban J connectivity index is 2.29. The quantitative estimate of drug-likeness (QED) is 0.702. The molecule has 1 aromatic heterocycles. The van der Waals surface area contributed by atoms with Gasteiger partial charge in [-0.05, 0) is 0 Å². The highest BCUT2D eigenvalue weighted by Gasteiger charge is 2.44. The van der Waals surface area contributed by atoms with Crippen molar-refractivity contribution in [2.24, 2.45) is 0 Å². The molecule has 0 saturated carbocycles. The van der Waals surface area contributed by atoms with Crippen molar-refractivity contribution in [3.8, 4) is 0 Å². The van der Waals surface area contributed by atoms with Crippen LogP contribution in [-0.4, -0.2) is 50.2 Å². The lowest BCUT2D eigenvalue weighted by molar-refractivity contribution is -0.0240. The lowest BCUT2D eigenvalue weighted by atomic mass is 10.1. The fourth-order valence-electron chi connectivity index (χ4n) is 1.67. The van der Waals surface area contributed by atoms with Crippen LogP contribution in [0, 0.1) is 0 Å². The minimum absolute atomic E-state index is 0.00709. The van der Waals surface area contributed by atoms with Crippen LogP contribution >= 0.6 is 23.2 Å². The molecule has 0 radical (unpaired) electrons. The van der Waals surface area contributed by atoms with Crippen molar-refractivity contribution in [3.05, 3.63) is 22.2 Å². The molecule has 6 nitrogen and oxygen atoms in total. The second-order valence-corrected chi connectivity index (χ2v) is 4.37. The Labute approximate surface area is 107 Å². The third-order valence-electron chi connectivity index (χ3n) is 2.54. The molecule has 3 N–H and O–H groups in total. The minimum Gasteiger partial charge on any atom is -0.394 e. The third kappa shape index (κ3) is 2.37. The van der Waals surface area contributed by atoms with Gasteiger partial charge in [0.25, 0.3) is 0 Å². The number of hydrogen-bond acceptors (Lipinski definition) is 6. The Morgan fingerprint density at radius 3 is 2.53 bits per heavy atom. The molecule has 0 aliphatic carbocycles. The van der Waals surface area contributed by atoms with Crippen LogP contribution in [0.1, 0.15) is 11.8 Å². The second-order valence-electron chi connectivity index (χ2n) is 3.63. The number of nitrogens with zero attached hydrogens (tertiary/aromatic N) is 2. The maximum absolute atomic E-state index is 9.76. The number of aliphatic hydroxyl groups is 3. The molecular formula is C9H10Cl2N2O4. The van der Waals surface area contributed by atoms with Gasteiger partial charge in [0.05, 0.1) is 12.8 Å². The van der Waals surface area contributed by atoms with E-state index in [0.717, 1.165) is 0 Å². The Bertz CT molecular complexity index is 420. The lowest BCUT2D eigenvalue weighted by Crippen LogP contribution is -2.32. The van der Waals surface area contributed by atoms with Gasteiger partial charge in [-0.2, -0.15) is 0 Å². The Morgan fingerprint density at radius 1 is 1.29 bits per heavy atom. The van der Waals surface area contributed by atoms with Crippen LogP contribution in [-0.2, 0) is 4.74 Å². The van der Waals surface area contributed by atoms with Gasteiger partial charge in [-0.1, -0.05) is 23.2 Å². The highest BCUT2D eigenvalue weighted by molar-refractivity contribution is 6.32. The van der Waals surface area contributed by atoms with E-state index in [2.05, 4.69) is 9.97 Å². The van der Waals surface area contributed by atoms with Crippen molar-refractivity contribution in [2.75, 3.05) is 6.61 Å². The summed E-state index contributed by atoms with van der Waals surface area (Å²) in [6, 6.07) is 0. The van der Waals surface area contributed by atoms with E-state index < -0.39 is 31.0 Å². The lowest BCUT2D eigenvalue weighted by Gasteiger charge is -2.14. The topological polar surface area (TPSA) is 95.7 Å². The average molecular weight is 281 g/mol. The van der Waals surface area contributed by atoms with Crippen molar-refractivity contribution >= 4 is 23.2 Å². The van der Waals surface area contributed by atoms with Gasteiger partial charge in [0.1, 0.15) is 35.3 Å². The Hall–Kier alpha value is -0.500. The van der Waals surface area contributed by atoms with Gasteiger partial charge >= 0.3 is 0 Å². The van der Waals surface area contributed by atoms with Crippen LogP contribution in [0.5, 0.6) is 0 Å². The molecule has 0 amide bonds. The summed E-state index contributed by atoms with van der Waals surface area (Å²) in [7, 11) is 0. The molecule has 0 spiro atoms. The van der Waals surface area contributed by atoms with Gasteiger partial charge in [-0.3, -0.25) is 4.98 Å². The number of halogens is 2. The molecule has 1 aliphatic rings. The zero-order valence-corrected chi connectivity index (χ0v) is 10.0. The molecule has 1 aliphatic heterocycles. The normalized spacial score (nSPS) is 33.0. The van der Waals surface area contributed by atoms with Crippen molar-refractivity contribution in [1.82, 2.24) is 9.97 Å². The summed E-state index contributed by atoms with van der Waals surface area (Å²) in [5.74, 6) is 0.